The highest BCUT2D eigenvalue weighted by Crippen LogP contribution is 2.24. The average Bonchev–Trinajstić information content (AvgIpc) is 2.54. The fourth-order valence-corrected chi connectivity index (χ4v) is 2.06. The van der Waals surface area contributed by atoms with E-state index in [1.54, 1.807) is 42.5 Å². The van der Waals surface area contributed by atoms with E-state index in [1.807, 2.05) is 0 Å². The van der Waals surface area contributed by atoms with Crippen molar-refractivity contribution in [2.75, 3.05) is 6.61 Å². The highest BCUT2D eigenvalue weighted by atomic mass is 35.5. The number of ether oxygens (including phenoxy) is 1. The molecule has 0 aliphatic carbocycles. The molecule has 0 saturated heterocycles. The minimum Gasteiger partial charge on any atom is -0.422 e. The summed E-state index contributed by atoms with van der Waals surface area (Å²) in [5.74, 6) is 1.96. The van der Waals surface area contributed by atoms with Crippen molar-refractivity contribution in [3.63, 3.8) is 0 Å². The van der Waals surface area contributed by atoms with Crippen LogP contribution < -0.4 is 4.74 Å². The number of carbonyl (C=O) groups excluding carboxylic acids is 1. The molecule has 0 saturated carbocycles. The minimum absolute atomic E-state index is 0.0335. The molecule has 0 spiro atoms. The van der Waals surface area contributed by atoms with E-state index in [1.165, 1.54) is 6.21 Å². The first-order chi connectivity index (χ1) is 11.1. The second-order valence-corrected chi connectivity index (χ2v) is 5.11. The van der Waals surface area contributed by atoms with Crippen LogP contribution in [-0.2, 0) is 4.84 Å². The lowest BCUT2D eigenvalue weighted by Crippen LogP contribution is -2.10. The van der Waals surface area contributed by atoms with Crippen molar-refractivity contribution in [3.05, 3.63) is 63.6 Å². The van der Waals surface area contributed by atoms with Crippen LogP contribution in [0, 0.1) is 12.3 Å². The van der Waals surface area contributed by atoms with Gasteiger partial charge in [-0.05, 0) is 30.3 Å². The zero-order valence-corrected chi connectivity index (χ0v) is 13.3. The van der Waals surface area contributed by atoms with Gasteiger partial charge in [-0.1, -0.05) is 46.4 Å². The van der Waals surface area contributed by atoms with Gasteiger partial charge in [0.2, 0.25) is 0 Å². The number of hydrogen-bond donors (Lipinski definition) is 0. The summed E-state index contributed by atoms with van der Waals surface area (Å²) in [7, 11) is 0. The van der Waals surface area contributed by atoms with E-state index in [2.05, 4.69) is 11.1 Å². The Morgan fingerprint density at radius 3 is 2.78 bits per heavy atom. The maximum Gasteiger partial charge on any atom is 0.345 e. The molecule has 0 aliphatic heterocycles. The van der Waals surface area contributed by atoms with Crippen LogP contribution in [0.2, 0.25) is 10.0 Å². The number of terminal acetylenes is 1. The molecule has 2 aromatic rings. The van der Waals surface area contributed by atoms with Crippen molar-refractivity contribution < 1.29 is 14.4 Å². The topological polar surface area (TPSA) is 47.9 Å². The van der Waals surface area contributed by atoms with E-state index >= 15 is 0 Å². The number of carbonyl (C=O) groups is 1. The molecule has 0 aromatic heterocycles. The normalized spacial score (nSPS) is 10.3. The maximum absolute atomic E-state index is 12.2. The number of rotatable bonds is 5. The van der Waals surface area contributed by atoms with E-state index in [0.717, 1.165) is 0 Å². The third-order valence-corrected chi connectivity index (χ3v) is 3.25. The fourth-order valence-electron chi connectivity index (χ4n) is 1.66. The van der Waals surface area contributed by atoms with Gasteiger partial charge >= 0.3 is 5.97 Å². The molecular weight excluding hydrogens is 337 g/mol. The second-order valence-electron chi connectivity index (χ2n) is 4.26. The first-order valence-corrected chi connectivity index (χ1v) is 7.22. The number of esters is 1. The van der Waals surface area contributed by atoms with Crippen molar-refractivity contribution >= 4 is 35.4 Å². The Morgan fingerprint density at radius 1 is 1.26 bits per heavy atom. The monoisotopic (exact) mass is 347 g/mol. The molecule has 0 heterocycles. The van der Waals surface area contributed by atoms with Gasteiger partial charge in [0, 0.05) is 10.6 Å². The summed E-state index contributed by atoms with van der Waals surface area (Å²) in [6, 6.07) is 11.3. The fraction of sp³-hybridized carbons (Fsp3) is 0.0588. The molecule has 0 atom stereocenters. The maximum atomic E-state index is 12.2. The molecule has 23 heavy (non-hydrogen) atoms. The van der Waals surface area contributed by atoms with Crippen LogP contribution in [-0.4, -0.2) is 18.8 Å². The summed E-state index contributed by atoms with van der Waals surface area (Å²) in [5, 5.41) is 4.45. The Bertz CT molecular complexity index is 782. The predicted molar refractivity (Wildman–Crippen MR) is 90.2 cm³/mol. The smallest absolute Gasteiger partial charge is 0.345 e. The standard InChI is InChI=1S/C17H11Cl2NO3/c1-2-9-22-20-11-12-10-13(18)7-8-16(12)23-17(21)14-5-3-4-6-15(14)19/h1,3-8,10-11H,9H2/b20-11+. The molecule has 6 heteroatoms. The van der Waals surface area contributed by atoms with E-state index in [9.17, 15) is 4.79 Å². The molecular formula is C17H11Cl2NO3. The number of oxime groups is 1. The van der Waals surface area contributed by atoms with Crippen molar-refractivity contribution in [3.8, 4) is 18.1 Å². The molecule has 2 rings (SSSR count). The van der Waals surface area contributed by atoms with Crippen LogP contribution in [0.15, 0.2) is 47.6 Å². The molecule has 0 unspecified atom stereocenters. The Hall–Kier alpha value is -2.48. The minimum atomic E-state index is -0.586. The molecule has 0 radical (unpaired) electrons. The number of hydrogen-bond acceptors (Lipinski definition) is 4. The van der Waals surface area contributed by atoms with E-state index in [-0.39, 0.29) is 17.9 Å². The number of nitrogens with zero attached hydrogens (tertiary/aromatic N) is 1. The Balaban J connectivity index is 2.22. The quantitative estimate of drug-likeness (QED) is 0.203. The van der Waals surface area contributed by atoms with Gasteiger partial charge in [0.1, 0.15) is 5.75 Å². The predicted octanol–water partition coefficient (Wildman–Crippen LogP) is 4.20. The Kier molecular flexibility index (Phi) is 6.04. The van der Waals surface area contributed by atoms with Crippen LogP contribution in [0.4, 0.5) is 0 Å². The van der Waals surface area contributed by atoms with E-state index in [0.29, 0.717) is 15.6 Å². The lowest BCUT2D eigenvalue weighted by Gasteiger charge is -2.08. The Labute approximate surface area is 143 Å². The third-order valence-electron chi connectivity index (χ3n) is 2.68. The number of benzene rings is 2. The zero-order valence-electron chi connectivity index (χ0n) is 11.8. The average molecular weight is 348 g/mol. The third kappa shape index (κ3) is 4.75. The SMILES string of the molecule is C#CCO/N=C/c1cc(Cl)ccc1OC(=O)c1ccccc1Cl. The van der Waals surface area contributed by atoms with Crippen LogP contribution in [0.5, 0.6) is 5.75 Å². The molecule has 0 N–H and O–H groups in total. The summed E-state index contributed by atoms with van der Waals surface area (Å²) in [6.45, 7) is 0.0335. The molecule has 0 amide bonds. The summed E-state index contributed by atoms with van der Waals surface area (Å²) < 4.78 is 5.36. The van der Waals surface area contributed by atoms with Gasteiger partial charge < -0.3 is 9.57 Å². The van der Waals surface area contributed by atoms with E-state index in [4.69, 9.17) is 39.2 Å². The zero-order chi connectivity index (χ0) is 16.7. The molecule has 116 valence electrons. The van der Waals surface area contributed by atoms with Crippen LogP contribution in [0.1, 0.15) is 15.9 Å². The molecule has 0 bridgehead atoms. The van der Waals surface area contributed by atoms with Gasteiger partial charge in [0.05, 0.1) is 16.8 Å². The van der Waals surface area contributed by atoms with Crippen molar-refractivity contribution in [1.29, 1.82) is 0 Å². The first-order valence-electron chi connectivity index (χ1n) is 6.47. The van der Waals surface area contributed by atoms with Crippen LogP contribution in [0.3, 0.4) is 0 Å². The summed E-state index contributed by atoms with van der Waals surface area (Å²) in [5.41, 5.74) is 0.727. The molecule has 4 nitrogen and oxygen atoms in total. The summed E-state index contributed by atoms with van der Waals surface area (Å²) in [4.78, 5) is 17.0. The van der Waals surface area contributed by atoms with Gasteiger partial charge in [0.15, 0.2) is 6.61 Å². The van der Waals surface area contributed by atoms with Gasteiger partial charge in [-0.15, -0.1) is 6.42 Å². The van der Waals surface area contributed by atoms with Crippen LogP contribution >= 0.6 is 23.2 Å². The highest BCUT2D eigenvalue weighted by molar-refractivity contribution is 6.33. The first kappa shape index (κ1) is 16.9. The van der Waals surface area contributed by atoms with Gasteiger partial charge in [-0.3, -0.25) is 0 Å². The van der Waals surface area contributed by atoms with Gasteiger partial charge in [-0.25, -0.2) is 4.79 Å². The lowest BCUT2D eigenvalue weighted by atomic mass is 10.2. The van der Waals surface area contributed by atoms with Crippen molar-refractivity contribution in [2.24, 2.45) is 5.16 Å². The summed E-state index contributed by atoms with van der Waals surface area (Å²) in [6.07, 6.45) is 6.41. The van der Waals surface area contributed by atoms with Gasteiger partial charge in [-0.2, -0.15) is 0 Å². The Morgan fingerprint density at radius 2 is 2.04 bits per heavy atom. The van der Waals surface area contributed by atoms with Gasteiger partial charge in [0.25, 0.3) is 0 Å². The molecule has 0 aliphatic rings. The van der Waals surface area contributed by atoms with Crippen molar-refractivity contribution in [1.82, 2.24) is 0 Å². The van der Waals surface area contributed by atoms with Crippen molar-refractivity contribution in [2.45, 2.75) is 0 Å². The highest BCUT2D eigenvalue weighted by Gasteiger charge is 2.14. The molecule has 2 aromatic carbocycles. The molecule has 0 fully saturated rings. The van der Waals surface area contributed by atoms with E-state index < -0.39 is 5.97 Å². The largest absolute Gasteiger partial charge is 0.422 e. The second kappa shape index (κ2) is 8.23. The lowest BCUT2D eigenvalue weighted by molar-refractivity contribution is 0.0734. The summed E-state index contributed by atoms with van der Waals surface area (Å²) >= 11 is 11.9. The number of halogens is 2. The van der Waals surface area contributed by atoms with Crippen LogP contribution in [0.25, 0.3) is 0 Å².